The number of halogens is 3. The molecule has 4 fully saturated rings. The van der Waals surface area contributed by atoms with Gasteiger partial charge in [0.2, 0.25) is 5.89 Å². The van der Waals surface area contributed by atoms with Gasteiger partial charge in [0.1, 0.15) is 24.4 Å². The Morgan fingerprint density at radius 3 is 2.91 bits per heavy atom. The van der Waals surface area contributed by atoms with Gasteiger partial charge in [-0.15, -0.1) is 0 Å². The molecule has 0 amide bonds. The van der Waals surface area contributed by atoms with E-state index < -0.39 is 11.6 Å². The Morgan fingerprint density at radius 2 is 2.09 bits per heavy atom. The summed E-state index contributed by atoms with van der Waals surface area (Å²) in [5.41, 5.74) is 0.0457. The topological polar surface area (TPSA) is 94.9 Å². The Balaban J connectivity index is 1.18. The first-order chi connectivity index (χ1) is 15.4. The molecule has 2 saturated heterocycles. The van der Waals surface area contributed by atoms with Crippen LogP contribution < -0.4 is 10.5 Å². The van der Waals surface area contributed by atoms with E-state index in [4.69, 9.17) is 16.1 Å². The Bertz CT molecular complexity index is 1510. The Labute approximate surface area is 183 Å². The Morgan fingerprint density at radius 1 is 1.28 bits per heavy atom. The summed E-state index contributed by atoms with van der Waals surface area (Å²) >= 11 is 5.87. The van der Waals surface area contributed by atoms with Crippen LogP contribution in [-0.2, 0) is 19.0 Å². The fraction of sp³-hybridized carbons (Fsp3) is 0.350. The molecule has 4 atom stereocenters. The quantitative estimate of drug-likeness (QED) is 0.432. The van der Waals surface area contributed by atoms with Gasteiger partial charge in [-0.2, -0.15) is 4.98 Å². The maximum Gasteiger partial charge on any atom is 0.280 e. The van der Waals surface area contributed by atoms with E-state index in [1.807, 2.05) is 0 Å². The van der Waals surface area contributed by atoms with Crippen molar-refractivity contribution in [2.45, 2.75) is 18.0 Å². The van der Waals surface area contributed by atoms with Gasteiger partial charge in [-0.05, 0) is 18.1 Å². The molecule has 162 valence electrons. The first-order valence-corrected chi connectivity index (χ1v) is 10.4. The van der Waals surface area contributed by atoms with E-state index in [2.05, 4.69) is 20.1 Å². The number of aromatic nitrogens is 6. The monoisotopic (exact) mass is 457 g/mol. The number of fused-ring (bicyclic) bond motifs is 2. The second-order valence-corrected chi connectivity index (χ2v) is 8.98. The normalized spacial score (nSPS) is 27.2. The molecular formula is C20H14ClF2N7O2. The van der Waals surface area contributed by atoms with Crippen LogP contribution >= 0.6 is 11.6 Å². The SMILES string of the molecule is Cn1cnc2ncn(Cc3nc([C@@]45C6[C@H]4[C@H]5CN6c4c(F)ccc(Cl)c4F)no3)c(=O)c21. The van der Waals surface area contributed by atoms with Crippen LogP contribution in [0.1, 0.15) is 11.7 Å². The summed E-state index contributed by atoms with van der Waals surface area (Å²) in [5, 5.41) is 4.03. The van der Waals surface area contributed by atoms with Gasteiger partial charge >= 0.3 is 0 Å². The minimum absolute atomic E-state index is 0.0668. The van der Waals surface area contributed by atoms with E-state index in [9.17, 15) is 13.6 Å². The molecule has 2 aliphatic carbocycles. The number of nitrogens with zero attached hydrogens (tertiary/aromatic N) is 7. The fourth-order valence-electron chi connectivity index (χ4n) is 5.57. The molecule has 2 bridgehead atoms. The molecular weight excluding hydrogens is 444 g/mol. The first-order valence-electron chi connectivity index (χ1n) is 10.0. The number of aryl methyl sites for hydroxylation is 1. The Kier molecular flexibility index (Phi) is 3.26. The minimum atomic E-state index is -0.750. The van der Waals surface area contributed by atoms with Gasteiger partial charge in [-0.1, -0.05) is 16.8 Å². The number of rotatable bonds is 4. The zero-order valence-electron chi connectivity index (χ0n) is 16.5. The van der Waals surface area contributed by atoms with Gasteiger partial charge in [0.05, 0.1) is 16.8 Å². The number of hydrogen-bond donors (Lipinski definition) is 0. The highest BCUT2D eigenvalue weighted by Gasteiger charge is 2.95. The van der Waals surface area contributed by atoms with Crippen molar-refractivity contribution in [1.29, 1.82) is 0 Å². The molecule has 0 spiro atoms. The lowest BCUT2D eigenvalue weighted by Crippen LogP contribution is -2.25. The van der Waals surface area contributed by atoms with E-state index in [0.29, 0.717) is 23.5 Å². The number of piperidine rings is 1. The lowest BCUT2D eigenvalue weighted by Gasteiger charge is -2.20. The van der Waals surface area contributed by atoms with Crippen molar-refractivity contribution >= 4 is 28.5 Å². The summed E-state index contributed by atoms with van der Waals surface area (Å²) in [6.45, 7) is 0.575. The van der Waals surface area contributed by atoms with Crippen LogP contribution in [0, 0.1) is 23.5 Å². The van der Waals surface area contributed by atoms with Crippen molar-refractivity contribution in [1.82, 2.24) is 29.2 Å². The van der Waals surface area contributed by atoms with Crippen molar-refractivity contribution in [3.63, 3.8) is 0 Å². The third kappa shape index (κ3) is 2.04. The summed E-state index contributed by atoms with van der Waals surface area (Å²) in [7, 11) is 1.72. The highest BCUT2D eigenvalue weighted by atomic mass is 35.5. The molecule has 0 radical (unpaired) electrons. The van der Waals surface area contributed by atoms with Crippen molar-refractivity contribution < 1.29 is 13.3 Å². The molecule has 4 aromatic rings. The van der Waals surface area contributed by atoms with Crippen LogP contribution in [0.15, 0.2) is 34.1 Å². The molecule has 32 heavy (non-hydrogen) atoms. The van der Waals surface area contributed by atoms with Crippen molar-refractivity contribution in [2.75, 3.05) is 11.4 Å². The summed E-state index contributed by atoms with van der Waals surface area (Å²) in [5.74, 6) is -0.157. The van der Waals surface area contributed by atoms with Gasteiger partial charge in [0.25, 0.3) is 5.56 Å². The third-order valence-corrected chi connectivity index (χ3v) is 7.40. The highest BCUT2D eigenvalue weighted by Crippen LogP contribution is 2.85. The van der Waals surface area contributed by atoms with Crippen LogP contribution in [-0.4, -0.2) is 41.8 Å². The molecule has 0 N–H and O–H groups in total. The van der Waals surface area contributed by atoms with E-state index in [0.717, 1.165) is 0 Å². The van der Waals surface area contributed by atoms with Crippen LogP contribution in [0.3, 0.4) is 0 Å². The molecule has 2 saturated carbocycles. The van der Waals surface area contributed by atoms with Gasteiger partial charge in [-0.3, -0.25) is 9.36 Å². The van der Waals surface area contributed by atoms with Gasteiger partial charge < -0.3 is 14.0 Å². The van der Waals surface area contributed by atoms with Gasteiger partial charge in [0.15, 0.2) is 22.8 Å². The second kappa shape index (κ2) is 5.71. The molecule has 1 aromatic carbocycles. The van der Waals surface area contributed by atoms with Gasteiger partial charge in [0, 0.05) is 25.6 Å². The number of imidazole rings is 1. The molecule has 8 rings (SSSR count). The van der Waals surface area contributed by atoms with Crippen LogP contribution in [0.25, 0.3) is 11.2 Å². The maximum absolute atomic E-state index is 14.5. The zero-order chi connectivity index (χ0) is 21.9. The van der Waals surface area contributed by atoms with E-state index in [1.165, 1.54) is 29.4 Å². The summed E-state index contributed by atoms with van der Waals surface area (Å²) in [6, 6.07) is 2.30. The molecule has 4 aliphatic rings. The van der Waals surface area contributed by atoms with E-state index in [-0.39, 0.29) is 52.0 Å². The number of benzene rings is 1. The maximum atomic E-state index is 14.5. The average Bonchev–Trinajstić information content (AvgIpc) is 3.21. The van der Waals surface area contributed by atoms with Gasteiger partial charge in [-0.25, -0.2) is 18.7 Å². The standard InChI is InChI=1S/C20H14ClF2N7O2/c1-28-6-24-17-15(28)18(31)29(7-25-17)5-11-26-19(27-32-11)20-8-4-30(16(20)12(8)20)14-10(22)3-2-9(21)13(14)23/h2-3,6-8,12,16H,4-5H2,1H3/t8-,12-,16?,20-/m1/s1. The molecule has 9 nitrogen and oxygen atoms in total. The van der Waals surface area contributed by atoms with E-state index >= 15 is 0 Å². The molecule has 1 unspecified atom stereocenters. The summed E-state index contributed by atoms with van der Waals surface area (Å²) in [6.07, 6.45) is 2.92. The van der Waals surface area contributed by atoms with Crippen molar-refractivity contribution in [3.8, 4) is 0 Å². The zero-order valence-corrected chi connectivity index (χ0v) is 17.3. The third-order valence-electron chi connectivity index (χ3n) is 7.11. The summed E-state index contributed by atoms with van der Waals surface area (Å²) < 4.78 is 37.3. The summed E-state index contributed by atoms with van der Waals surface area (Å²) in [4.78, 5) is 27.2. The predicted molar refractivity (Wildman–Crippen MR) is 107 cm³/mol. The number of hydrogen-bond acceptors (Lipinski definition) is 7. The second-order valence-electron chi connectivity index (χ2n) is 8.57. The fourth-order valence-corrected chi connectivity index (χ4v) is 5.72. The molecule has 12 heteroatoms. The van der Waals surface area contributed by atoms with Crippen LogP contribution in [0.5, 0.6) is 0 Å². The largest absolute Gasteiger partial charge is 0.362 e. The molecule has 2 aliphatic heterocycles. The van der Waals surface area contributed by atoms with E-state index in [1.54, 1.807) is 16.5 Å². The smallest absolute Gasteiger partial charge is 0.280 e. The lowest BCUT2D eigenvalue weighted by atomic mass is 10.1. The van der Waals surface area contributed by atoms with Crippen molar-refractivity contribution in [2.24, 2.45) is 18.9 Å². The number of anilines is 1. The molecule has 5 heterocycles. The molecule has 3 aromatic heterocycles. The van der Waals surface area contributed by atoms with Crippen LogP contribution in [0.4, 0.5) is 14.5 Å². The average molecular weight is 458 g/mol. The minimum Gasteiger partial charge on any atom is -0.362 e. The lowest BCUT2D eigenvalue weighted by molar-refractivity contribution is 0.362. The van der Waals surface area contributed by atoms with Crippen LogP contribution in [0.2, 0.25) is 5.02 Å². The highest BCUT2D eigenvalue weighted by molar-refractivity contribution is 6.31. The predicted octanol–water partition coefficient (Wildman–Crippen LogP) is 1.88. The first kappa shape index (κ1) is 18.3. The van der Waals surface area contributed by atoms with Crippen molar-refractivity contribution in [3.05, 3.63) is 63.5 Å². The Hall–Kier alpha value is -3.34.